The summed E-state index contributed by atoms with van der Waals surface area (Å²) in [5.74, 6) is -0.193. The highest BCUT2D eigenvalue weighted by Gasteiger charge is 2.15. The Labute approximate surface area is 126 Å². The van der Waals surface area contributed by atoms with Crippen molar-refractivity contribution in [3.63, 3.8) is 0 Å². The van der Waals surface area contributed by atoms with Gasteiger partial charge in [-0.15, -0.1) is 0 Å². The summed E-state index contributed by atoms with van der Waals surface area (Å²) in [5, 5.41) is 0. The maximum absolute atomic E-state index is 13.8. The van der Waals surface area contributed by atoms with E-state index in [-0.39, 0.29) is 11.9 Å². The zero-order valence-corrected chi connectivity index (χ0v) is 12.9. The van der Waals surface area contributed by atoms with Crippen molar-refractivity contribution >= 4 is 5.69 Å². The molecule has 0 aliphatic rings. The molecule has 0 heterocycles. The van der Waals surface area contributed by atoms with Crippen molar-refractivity contribution in [2.75, 3.05) is 11.4 Å². The lowest BCUT2D eigenvalue weighted by Gasteiger charge is -2.28. The molecular formula is C18H23FN2. The Kier molecular flexibility index (Phi) is 4.97. The predicted octanol–water partition coefficient (Wildman–Crippen LogP) is 4.18. The molecule has 0 fully saturated rings. The second-order valence-electron chi connectivity index (χ2n) is 5.45. The summed E-state index contributed by atoms with van der Waals surface area (Å²) in [6.45, 7) is 7.43. The number of hydrogen-bond acceptors (Lipinski definition) is 2. The molecule has 0 spiro atoms. The van der Waals surface area contributed by atoms with Gasteiger partial charge in [0, 0.05) is 24.8 Å². The van der Waals surface area contributed by atoms with Crippen LogP contribution in [0.4, 0.5) is 10.1 Å². The van der Waals surface area contributed by atoms with E-state index in [4.69, 9.17) is 5.73 Å². The molecule has 0 bridgehead atoms. The third kappa shape index (κ3) is 3.61. The number of nitrogens with zero attached hydrogens (tertiary/aromatic N) is 1. The van der Waals surface area contributed by atoms with E-state index in [1.165, 1.54) is 5.56 Å². The van der Waals surface area contributed by atoms with Crippen molar-refractivity contribution in [1.29, 1.82) is 0 Å². The van der Waals surface area contributed by atoms with Gasteiger partial charge in [-0.1, -0.05) is 30.3 Å². The van der Waals surface area contributed by atoms with Gasteiger partial charge in [0.05, 0.1) is 0 Å². The molecule has 0 saturated heterocycles. The van der Waals surface area contributed by atoms with Gasteiger partial charge in [0.1, 0.15) is 5.82 Å². The Balaban J connectivity index is 2.39. The summed E-state index contributed by atoms with van der Waals surface area (Å²) in [5.41, 5.74) is 9.79. The molecular weight excluding hydrogens is 263 g/mol. The van der Waals surface area contributed by atoms with Crippen molar-refractivity contribution in [2.45, 2.75) is 33.4 Å². The first kappa shape index (κ1) is 15.5. The molecule has 0 amide bonds. The fourth-order valence-corrected chi connectivity index (χ4v) is 2.49. The lowest BCUT2D eigenvalue weighted by Crippen LogP contribution is -2.25. The minimum Gasteiger partial charge on any atom is -0.367 e. The normalized spacial score (nSPS) is 12.2. The summed E-state index contributed by atoms with van der Waals surface area (Å²) >= 11 is 0. The molecule has 0 unspecified atom stereocenters. The lowest BCUT2D eigenvalue weighted by molar-refractivity contribution is 0.612. The van der Waals surface area contributed by atoms with Gasteiger partial charge >= 0.3 is 0 Å². The Morgan fingerprint density at radius 3 is 2.43 bits per heavy atom. The van der Waals surface area contributed by atoms with E-state index in [1.54, 1.807) is 13.0 Å². The van der Waals surface area contributed by atoms with Crippen molar-refractivity contribution in [2.24, 2.45) is 5.73 Å². The van der Waals surface area contributed by atoms with Crippen LogP contribution in [0.25, 0.3) is 0 Å². The van der Waals surface area contributed by atoms with Gasteiger partial charge in [-0.2, -0.15) is 0 Å². The third-order valence-electron chi connectivity index (χ3n) is 3.74. The highest BCUT2D eigenvalue weighted by atomic mass is 19.1. The second-order valence-corrected chi connectivity index (χ2v) is 5.45. The zero-order chi connectivity index (χ0) is 15.4. The molecule has 2 N–H and O–H groups in total. The van der Waals surface area contributed by atoms with E-state index in [0.717, 1.165) is 24.3 Å². The number of aryl methyl sites for hydroxylation is 1. The first-order chi connectivity index (χ1) is 10.0. The molecule has 0 aliphatic heterocycles. The topological polar surface area (TPSA) is 29.3 Å². The van der Waals surface area contributed by atoms with Crippen LogP contribution in [-0.4, -0.2) is 6.54 Å². The standard InChI is InChI=1S/C18H23FN2/c1-4-21(12-15-8-6-5-7-9-15)18-10-13(2)17(19)11-16(18)14(3)20/h5-11,14H,4,12,20H2,1-3H3/t14-/m1/s1. The zero-order valence-electron chi connectivity index (χ0n) is 12.9. The van der Waals surface area contributed by atoms with Gasteiger partial charge in [-0.25, -0.2) is 4.39 Å². The molecule has 112 valence electrons. The van der Waals surface area contributed by atoms with E-state index in [0.29, 0.717) is 5.56 Å². The van der Waals surface area contributed by atoms with Crippen LogP contribution < -0.4 is 10.6 Å². The average Bonchev–Trinajstić information content (AvgIpc) is 2.48. The lowest BCUT2D eigenvalue weighted by atomic mass is 10.0. The maximum atomic E-state index is 13.8. The molecule has 2 nitrogen and oxygen atoms in total. The molecule has 0 aromatic heterocycles. The largest absolute Gasteiger partial charge is 0.367 e. The fourth-order valence-electron chi connectivity index (χ4n) is 2.49. The van der Waals surface area contributed by atoms with Crippen LogP contribution in [0.15, 0.2) is 42.5 Å². The SMILES string of the molecule is CCN(Cc1ccccc1)c1cc(C)c(F)cc1[C@@H](C)N. The van der Waals surface area contributed by atoms with E-state index >= 15 is 0 Å². The number of hydrogen-bond donors (Lipinski definition) is 1. The molecule has 0 radical (unpaired) electrons. The van der Waals surface area contributed by atoms with Crippen LogP contribution in [0.2, 0.25) is 0 Å². The van der Waals surface area contributed by atoms with Crippen LogP contribution in [0.1, 0.15) is 36.6 Å². The highest BCUT2D eigenvalue weighted by molar-refractivity contribution is 5.57. The van der Waals surface area contributed by atoms with Crippen molar-refractivity contribution < 1.29 is 4.39 Å². The van der Waals surface area contributed by atoms with Crippen molar-refractivity contribution in [1.82, 2.24) is 0 Å². The number of anilines is 1. The molecule has 2 aromatic rings. The van der Waals surface area contributed by atoms with E-state index < -0.39 is 0 Å². The second kappa shape index (κ2) is 6.72. The molecule has 0 saturated carbocycles. The maximum Gasteiger partial charge on any atom is 0.126 e. The summed E-state index contributed by atoms with van der Waals surface area (Å²) in [6, 6.07) is 13.6. The summed E-state index contributed by atoms with van der Waals surface area (Å²) in [4.78, 5) is 2.24. The fraction of sp³-hybridized carbons (Fsp3) is 0.333. The quantitative estimate of drug-likeness (QED) is 0.893. The van der Waals surface area contributed by atoms with E-state index in [2.05, 4.69) is 24.0 Å². The van der Waals surface area contributed by atoms with Gasteiger partial charge in [0.25, 0.3) is 0 Å². The molecule has 2 rings (SSSR count). The van der Waals surface area contributed by atoms with E-state index in [1.807, 2.05) is 31.2 Å². The highest BCUT2D eigenvalue weighted by Crippen LogP contribution is 2.29. The van der Waals surface area contributed by atoms with Gasteiger partial charge in [0.2, 0.25) is 0 Å². The molecule has 21 heavy (non-hydrogen) atoms. The van der Waals surface area contributed by atoms with Crippen molar-refractivity contribution in [3.8, 4) is 0 Å². The van der Waals surface area contributed by atoms with Gasteiger partial charge in [0.15, 0.2) is 0 Å². The predicted molar refractivity (Wildman–Crippen MR) is 86.9 cm³/mol. The average molecular weight is 286 g/mol. The van der Waals surface area contributed by atoms with Crippen LogP contribution in [0.3, 0.4) is 0 Å². The smallest absolute Gasteiger partial charge is 0.126 e. The van der Waals surface area contributed by atoms with Gasteiger partial charge in [-0.05, 0) is 49.6 Å². The summed E-state index contributed by atoms with van der Waals surface area (Å²) in [6.07, 6.45) is 0. The number of rotatable bonds is 5. The number of benzene rings is 2. The summed E-state index contributed by atoms with van der Waals surface area (Å²) in [7, 11) is 0. The summed E-state index contributed by atoms with van der Waals surface area (Å²) < 4.78 is 13.8. The molecule has 0 aliphatic carbocycles. The van der Waals surface area contributed by atoms with Gasteiger partial charge in [-0.3, -0.25) is 0 Å². The van der Waals surface area contributed by atoms with Crippen LogP contribution in [0, 0.1) is 12.7 Å². The monoisotopic (exact) mass is 286 g/mol. The number of nitrogens with two attached hydrogens (primary N) is 1. The number of halogens is 1. The Morgan fingerprint density at radius 1 is 1.19 bits per heavy atom. The third-order valence-corrected chi connectivity index (χ3v) is 3.74. The Morgan fingerprint density at radius 2 is 1.86 bits per heavy atom. The molecule has 2 aromatic carbocycles. The molecule has 1 atom stereocenters. The van der Waals surface area contributed by atoms with Crippen LogP contribution in [-0.2, 0) is 6.54 Å². The first-order valence-electron chi connectivity index (χ1n) is 7.37. The Bertz CT molecular complexity index is 594. The molecule has 3 heteroatoms. The van der Waals surface area contributed by atoms with Gasteiger partial charge < -0.3 is 10.6 Å². The van der Waals surface area contributed by atoms with Crippen molar-refractivity contribution in [3.05, 3.63) is 65.0 Å². The minimum absolute atomic E-state index is 0.193. The van der Waals surface area contributed by atoms with E-state index in [9.17, 15) is 4.39 Å². The Hall–Kier alpha value is -1.87. The minimum atomic E-state index is -0.195. The van der Waals surface area contributed by atoms with Crippen LogP contribution >= 0.6 is 0 Å². The first-order valence-corrected chi connectivity index (χ1v) is 7.37. The van der Waals surface area contributed by atoms with Crippen LogP contribution in [0.5, 0.6) is 0 Å².